The maximum Gasteiger partial charge on any atom is 0.101 e. The van der Waals surface area contributed by atoms with Crippen LogP contribution in [0.25, 0.3) is 61.4 Å². The largest absolute Gasteiger partial charge is 0.467 e. The molecule has 0 radical (unpaired) electrons. The van der Waals surface area contributed by atoms with Crippen molar-refractivity contribution in [1.29, 1.82) is 0 Å². The van der Waals surface area contributed by atoms with E-state index in [-0.39, 0.29) is 5.41 Å². The Hall–Kier alpha value is -7.28. The van der Waals surface area contributed by atoms with E-state index in [1.54, 1.807) is 26.3 Å². The molecule has 8 aromatic heterocycles. The summed E-state index contributed by atoms with van der Waals surface area (Å²) in [5, 5.41) is 7.87. The molecule has 0 atom stereocenters. The minimum atomic E-state index is 0.142. The summed E-state index contributed by atoms with van der Waals surface area (Å²) in [7, 11) is 2.07. The van der Waals surface area contributed by atoms with E-state index < -0.39 is 0 Å². The van der Waals surface area contributed by atoms with E-state index in [4.69, 9.17) is 4.42 Å². The molecular weight excluding hydrogens is 1560 g/mol. The van der Waals surface area contributed by atoms with Crippen molar-refractivity contribution >= 4 is 128 Å². The van der Waals surface area contributed by atoms with Crippen LogP contribution in [0.1, 0.15) is 179 Å². The Morgan fingerprint density at radius 2 is 0.583 bits per heavy atom. The summed E-state index contributed by atoms with van der Waals surface area (Å²) in [5.74, 6) is 1.97. The van der Waals surface area contributed by atoms with Crippen LogP contribution in [-0.2, 0) is 12.5 Å². The Labute approximate surface area is 685 Å². The first-order valence-electron chi connectivity index (χ1n) is 38.6. The molecule has 0 aliphatic heterocycles. The van der Waals surface area contributed by atoms with Crippen LogP contribution in [0.2, 0.25) is 0 Å². The Morgan fingerprint density at radius 3 is 0.824 bits per heavy atom. The van der Waals surface area contributed by atoms with Gasteiger partial charge in [0.1, 0.15) is 11.5 Å². The molecule has 0 spiro atoms. The summed E-state index contributed by atoms with van der Waals surface area (Å²) >= 11 is 7.70. The van der Waals surface area contributed by atoms with Crippen molar-refractivity contribution in [2.45, 2.75) is 199 Å². The normalized spacial score (nSPS) is 10.2. The SMILES string of the molecule is CC.CC.CC.CC.CC.CC.Cc1cc2[se]c(C)cc2[se]1.Cc1cc2sc(C)cc2s1.Cc1ccc(C)[se]1.Cc1ccc(C)n1C.Cc1ccc(C)o1.Cc1ccc(C)s1.Cc1ccc2c(c1)C(C)(C)c1cc(C)ccc1-2.c1ccc2cc3ccccc3cc2c1.c1ccc2ccccc2c1.c1ccccc1. The van der Waals surface area contributed by atoms with Crippen molar-refractivity contribution < 1.29 is 4.42 Å². The average molecular weight is 1690 g/mol. The van der Waals surface area contributed by atoms with Gasteiger partial charge in [-0.15, -0.1) is 34.0 Å². The van der Waals surface area contributed by atoms with Gasteiger partial charge in [-0.05, 0) is 184 Å². The van der Waals surface area contributed by atoms with E-state index in [2.05, 4.69) is 315 Å². The van der Waals surface area contributed by atoms with Crippen molar-refractivity contribution in [2.24, 2.45) is 7.05 Å². The maximum atomic E-state index is 5.08. The predicted octanol–water partition coefficient (Wildman–Crippen LogP) is 31.7. The number of aryl methyl sites for hydroxylation is 14. The van der Waals surface area contributed by atoms with Gasteiger partial charge >= 0.3 is 122 Å². The molecule has 8 heterocycles. The Kier molecular flexibility index (Phi) is 48.0. The molecular formula is C100H129NOS3Se3. The van der Waals surface area contributed by atoms with Crippen molar-refractivity contribution in [2.75, 3.05) is 0 Å². The second-order valence-corrected chi connectivity index (χ2v) is 37.4. The van der Waals surface area contributed by atoms with E-state index in [1.165, 1.54) is 106 Å². The first-order chi connectivity index (χ1) is 52.0. The fraction of sp³-hybridized carbons (Fsp3) is 0.300. The first-order valence-corrected chi connectivity index (χ1v) is 46.2. The number of furan rings is 1. The van der Waals surface area contributed by atoms with Gasteiger partial charge in [0.2, 0.25) is 0 Å². The van der Waals surface area contributed by atoms with Crippen molar-refractivity contribution in [3.05, 3.63) is 337 Å². The van der Waals surface area contributed by atoms with Crippen LogP contribution < -0.4 is 0 Å². The van der Waals surface area contributed by atoms with E-state index >= 15 is 0 Å². The van der Waals surface area contributed by atoms with Gasteiger partial charge in [-0.2, -0.15) is 0 Å². The fourth-order valence-corrected chi connectivity index (χ4v) is 21.1. The standard InChI is InChI=1S/C17H18.C14H10.C10H8.C8H8S2.C8H8Se2.C7H11N.C6H8O.C6H8S.C6H8Se.C6H6.6C2H6/c1-11-5-7-13-14-8-6-12(2)10-16(14)17(3,4)15(13)9-11;1-2-6-12-10-14-8-4-3-7-13(14)9-11(12)5-1;1-2-6-10-8-4-3-7-9(10)5-1;2*1-5-3-7-8(9-5)4-6(2)10-7;1-6-4-5-7(2)8(6)3;3*1-5-3-4-6(2)7-5;1-2-4-6-5-3-1;6*1-2/h5-10H,1-4H3;1-10H;1-8H;2*3-4H,1-2H3;4-5H,1-3H3;3*3-4H,1-2H3;1-6H;6*1-2H3. The van der Waals surface area contributed by atoms with Crippen LogP contribution in [0.4, 0.5) is 0 Å². The number of benzene rings is 8. The van der Waals surface area contributed by atoms with Crippen LogP contribution in [-0.4, -0.2) is 48.1 Å². The Morgan fingerprint density at radius 1 is 0.278 bits per heavy atom. The Balaban J connectivity index is 0.000000407. The van der Waals surface area contributed by atoms with Gasteiger partial charge in [-0.1, -0.05) is 278 Å². The van der Waals surface area contributed by atoms with E-state index in [1.807, 2.05) is 179 Å². The van der Waals surface area contributed by atoms with Crippen LogP contribution in [0.5, 0.6) is 0 Å². The molecule has 0 amide bonds. The predicted molar refractivity (Wildman–Crippen MR) is 500 cm³/mol. The molecule has 8 aromatic carbocycles. The Bertz CT molecular complexity index is 4400. The summed E-state index contributed by atoms with van der Waals surface area (Å²) in [6.07, 6.45) is 0. The molecule has 0 fully saturated rings. The summed E-state index contributed by atoms with van der Waals surface area (Å²) in [4.78, 5) is 5.64. The molecule has 0 bridgehead atoms. The first kappa shape index (κ1) is 96.8. The molecule has 0 saturated heterocycles. The van der Waals surface area contributed by atoms with Gasteiger partial charge < -0.3 is 8.98 Å². The third kappa shape index (κ3) is 33.1. The van der Waals surface area contributed by atoms with Crippen molar-refractivity contribution in [3.63, 3.8) is 0 Å². The van der Waals surface area contributed by atoms with Gasteiger partial charge in [-0.25, -0.2) is 0 Å². The molecule has 108 heavy (non-hydrogen) atoms. The number of thiophene rings is 3. The number of nitrogens with zero attached hydrogens (tertiary/aromatic N) is 1. The van der Waals surface area contributed by atoms with Crippen LogP contribution in [0, 0.1) is 96.9 Å². The van der Waals surface area contributed by atoms with Gasteiger partial charge in [0.05, 0.1) is 0 Å². The molecule has 8 heteroatoms. The second kappa shape index (κ2) is 53.5. The molecule has 576 valence electrons. The third-order valence-corrected chi connectivity index (χ3v) is 25.9. The van der Waals surface area contributed by atoms with Crippen molar-refractivity contribution in [3.8, 4) is 11.1 Å². The number of aromatic nitrogens is 1. The second-order valence-electron chi connectivity index (χ2n) is 24.8. The molecule has 0 N–H and O–H groups in total. The molecule has 17 rings (SSSR count). The zero-order valence-electron chi connectivity index (χ0n) is 71.1. The van der Waals surface area contributed by atoms with E-state index in [9.17, 15) is 0 Å². The zero-order chi connectivity index (χ0) is 80.9. The zero-order valence-corrected chi connectivity index (χ0v) is 78.6. The molecule has 2 nitrogen and oxygen atoms in total. The van der Waals surface area contributed by atoms with Gasteiger partial charge in [-0.3, -0.25) is 0 Å². The quantitative estimate of drug-likeness (QED) is 0.109. The van der Waals surface area contributed by atoms with Crippen LogP contribution in [0.15, 0.2) is 259 Å². The van der Waals surface area contributed by atoms with Crippen LogP contribution >= 0.6 is 34.0 Å². The molecule has 1 aliphatic rings. The monoisotopic (exact) mass is 1700 g/mol. The van der Waals surface area contributed by atoms with E-state index in [0.29, 0.717) is 43.5 Å². The van der Waals surface area contributed by atoms with Crippen molar-refractivity contribution in [1.82, 2.24) is 4.57 Å². The minimum absolute atomic E-state index is 0.142. The fourth-order valence-electron chi connectivity index (χ4n) is 10.9. The maximum absolute atomic E-state index is 5.08. The number of fused-ring (bicyclic) bond motifs is 8. The molecule has 16 aromatic rings. The summed E-state index contributed by atoms with van der Waals surface area (Å²) < 4.78 is 19.7. The van der Waals surface area contributed by atoms with Gasteiger partial charge in [0.15, 0.2) is 0 Å². The third-order valence-electron chi connectivity index (χ3n) is 16.1. The summed E-state index contributed by atoms with van der Waals surface area (Å²) in [6, 6.07) is 89.9. The number of hydrogen-bond donors (Lipinski definition) is 0. The average Bonchev–Trinajstić information content (AvgIpc) is 1.58. The summed E-state index contributed by atoms with van der Waals surface area (Å²) in [5.41, 5.74) is 11.2. The van der Waals surface area contributed by atoms with Crippen LogP contribution in [0.3, 0.4) is 0 Å². The van der Waals surface area contributed by atoms with Gasteiger partial charge in [0, 0.05) is 52.8 Å². The molecule has 0 saturated carbocycles. The molecule has 1 aliphatic carbocycles. The topological polar surface area (TPSA) is 18.1 Å². The summed E-state index contributed by atoms with van der Waals surface area (Å²) in [6.45, 7) is 58.5. The molecule has 0 unspecified atom stereocenters. The smallest absolute Gasteiger partial charge is 0.101 e. The number of rotatable bonds is 0. The minimum Gasteiger partial charge on any atom is -0.467 e. The van der Waals surface area contributed by atoms with E-state index in [0.717, 1.165) is 11.5 Å². The number of hydrogen-bond acceptors (Lipinski definition) is 4. The van der Waals surface area contributed by atoms with Gasteiger partial charge in [0.25, 0.3) is 0 Å².